The van der Waals surface area contributed by atoms with Gasteiger partial charge in [0.1, 0.15) is 5.82 Å². The van der Waals surface area contributed by atoms with Crippen molar-refractivity contribution in [2.24, 2.45) is 0 Å². The highest BCUT2D eigenvalue weighted by atomic mass is 35.5. The maximum atomic E-state index is 13.1. The number of nitrogens with one attached hydrogen (secondary N) is 2. The third kappa shape index (κ3) is 3.63. The quantitative estimate of drug-likeness (QED) is 0.821. The molecule has 1 aromatic carbocycles. The van der Waals surface area contributed by atoms with Gasteiger partial charge in [-0.25, -0.2) is 9.18 Å². The number of benzene rings is 1. The van der Waals surface area contributed by atoms with Crippen molar-refractivity contribution in [1.82, 2.24) is 10.6 Å². The Balaban J connectivity index is 2.16. The van der Waals surface area contributed by atoms with Crippen LogP contribution < -0.4 is 10.6 Å². The van der Waals surface area contributed by atoms with Gasteiger partial charge in [-0.15, -0.1) is 11.6 Å². The molecule has 1 aliphatic carbocycles. The predicted octanol–water partition coefficient (Wildman–Crippen LogP) is 3.52. The van der Waals surface area contributed by atoms with Crippen LogP contribution in [0.4, 0.5) is 9.18 Å². The molecule has 1 saturated carbocycles. The van der Waals surface area contributed by atoms with Crippen LogP contribution in [-0.4, -0.2) is 18.5 Å². The first-order valence-corrected chi connectivity index (χ1v) is 7.58. The second-order valence-electron chi connectivity index (χ2n) is 5.22. The molecule has 20 heavy (non-hydrogen) atoms. The summed E-state index contributed by atoms with van der Waals surface area (Å²) in [6, 6.07) is 6.22. The molecule has 5 heteroatoms. The number of amides is 2. The van der Waals surface area contributed by atoms with Crippen molar-refractivity contribution in [3.63, 3.8) is 0 Å². The number of urea groups is 1. The van der Waals surface area contributed by atoms with Crippen LogP contribution in [0.5, 0.6) is 0 Å². The van der Waals surface area contributed by atoms with Gasteiger partial charge in [-0.05, 0) is 30.5 Å². The molecule has 1 aliphatic rings. The lowest BCUT2D eigenvalue weighted by atomic mass is 9.76. The van der Waals surface area contributed by atoms with Gasteiger partial charge < -0.3 is 10.6 Å². The Morgan fingerprint density at radius 3 is 2.45 bits per heavy atom. The molecule has 1 fully saturated rings. The summed E-state index contributed by atoms with van der Waals surface area (Å²) in [5, 5.41) is 5.80. The largest absolute Gasteiger partial charge is 0.337 e. The zero-order valence-electron chi connectivity index (χ0n) is 11.4. The monoisotopic (exact) mass is 298 g/mol. The molecular formula is C15H20ClFN2O. The lowest BCUT2D eigenvalue weighted by Crippen LogP contribution is -2.51. The first-order chi connectivity index (χ1) is 9.66. The van der Waals surface area contributed by atoms with Crippen molar-refractivity contribution in [2.45, 2.75) is 37.6 Å². The van der Waals surface area contributed by atoms with E-state index in [1.54, 1.807) is 12.1 Å². The van der Waals surface area contributed by atoms with E-state index in [4.69, 9.17) is 11.6 Å². The molecule has 110 valence electrons. The Morgan fingerprint density at radius 2 is 1.85 bits per heavy atom. The summed E-state index contributed by atoms with van der Waals surface area (Å²) < 4.78 is 13.1. The number of halogens is 2. The van der Waals surface area contributed by atoms with Crippen molar-refractivity contribution in [3.8, 4) is 0 Å². The Kier molecular flexibility index (Phi) is 5.24. The molecule has 1 aromatic rings. The summed E-state index contributed by atoms with van der Waals surface area (Å²) in [5.74, 6) is 0.128. The van der Waals surface area contributed by atoms with Crippen molar-refractivity contribution < 1.29 is 9.18 Å². The van der Waals surface area contributed by atoms with Crippen LogP contribution in [-0.2, 0) is 5.54 Å². The summed E-state index contributed by atoms with van der Waals surface area (Å²) in [4.78, 5) is 12.0. The molecule has 0 radical (unpaired) electrons. The molecule has 0 spiro atoms. The van der Waals surface area contributed by atoms with Gasteiger partial charge in [-0.3, -0.25) is 0 Å². The van der Waals surface area contributed by atoms with Gasteiger partial charge in [0, 0.05) is 12.4 Å². The molecule has 2 rings (SSSR count). The third-order valence-electron chi connectivity index (χ3n) is 3.84. The van der Waals surface area contributed by atoms with Crippen LogP contribution in [0.25, 0.3) is 0 Å². The molecule has 0 saturated heterocycles. The number of carbonyl (C=O) groups excluding carboxylic acids is 1. The van der Waals surface area contributed by atoms with E-state index in [1.165, 1.54) is 18.6 Å². The Bertz CT molecular complexity index is 444. The van der Waals surface area contributed by atoms with Gasteiger partial charge in [0.15, 0.2) is 0 Å². The lowest BCUT2D eigenvalue weighted by Gasteiger charge is -2.38. The van der Waals surface area contributed by atoms with Gasteiger partial charge in [-0.1, -0.05) is 31.4 Å². The second kappa shape index (κ2) is 6.93. The normalized spacial score (nSPS) is 17.5. The maximum absolute atomic E-state index is 13.1. The minimum atomic E-state index is -0.387. The molecule has 0 aliphatic heterocycles. The summed E-state index contributed by atoms with van der Waals surface area (Å²) in [5.41, 5.74) is 0.585. The number of hydrogen-bond donors (Lipinski definition) is 2. The molecule has 0 atom stereocenters. The van der Waals surface area contributed by atoms with Crippen LogP contribution >= 0.6 is 11.6 Å². The second-order valence-corrected chi connectivity index (χ2v) is 5.60. The predicted molar refractivity (Wildman–Crippen MR) is 78.4 cm³/mol. The molecule has 0 heterocycles. The molecule has 0 unspecified atom stereocenters. The number of carbonyl (C=O) groups is 1. The average Bonchev–Trinajstić information content (AvgIpc) is 2.46. The van der Waals surface area contributed by atoms with Crippen molar-refractivity contribution >= 4 is 17.6 Å². The van der Waals surface area contributed by atoms with E-state index >= 15 is 0 Å². The van der Waals surface area contributed by atoms with E-state index in [2.05, 4.69) is 10.6 Å². The first kappa shape index (κ1) is 15.1. The van der Waals surface area contributed by atoms with E-state index in [-0.39, 0.29) is 17.4 Å². The Hall–Kier alpha value is -1.29. The van der Waals surface area contributed by atoms with Crippen LogP contribution in [0.2, 0.25) is 0 Å². The molecule has 0 aromatic heterocycles. The van der Waals surface area contributed by atoms with Gasteiger partial charge in [0.25, 0.3) is 0 Å². The number of hydrogen-bond acceptors (Lipinski definition) is 1. The highest BCUT2D eigenvalue weighted by molar-refractivity contribution is 6.18. The Labute approximate surface area is 123 Å². The van der Waals surface area contributed by atoms with Gasteiger partial charge in [0.2, 0.25) is 0 Å². The van der Waals surface area contributed by atoms with Crippen molar-refractivity contribution in [3.05, 3.63) is 35.6 Å². The minimum Gasteiger partial charge on any atom is -0.337 e. The van der Waals surface area contributed by atoms with E-state index < -0.39 is 0 Å². The zero-order valence-corrected chi connectivity index (χ0v) is 12.2. The molecule has 2 N–H and O–H groups in total. The standard InChI is InChI=1S/C15H20ClFN2O/c16-10-11-18-14(20)19-15(8-2-1-3-9-15)12-4-6-13(17)7-5-12/h4-7H,1-3,8-11H2,(H2,18,19,20). The van der Waals surface area contributed by atoms with E-state index in [0.717, 1.165) is 31.2 Å². The lowest BCUT2D eigenvalue weighted by molar-refractivity contribution is 0.203. The summed E-state index contributed by atoms with van der Waals surface area (Å²) in [7, 11) is 0. The van der Waals surface area contributed by atoms with Gasteiger partial charge in [0.05, 0.1) is 5.54 Å². The minimum absolute atomic E-state index is 0.211. The van der Waals surface area contributed by atoms with Gasteiger partial charge in [-0.2, -0.15) is 0 Å². The summed E-state index contributed by atoms with van der Waals surface area (Å²) in [6.45, 7) is 0.437. The average molecular weight is 299 g/mol. The van der Waals surface area contributed by atoms with Crippen LogP contribution in [0.1, 0.15) is 37.7 Å². The highest BCUT2D eigenvalue weighted by Crippen LogP contribution is 2.37. The van der Waals surface area contributed by atoms with Crippen molar-refractivity contribution in [2.75, 3.05) is 12.4 Å². The van der Waals surface area contributed by atoms with Crippen LogP contribution in [0.3, 0.4) is 0 Å². The fourth-order valence-corrected chi connectivity index (χ4v) is 2.93. The van der Waals surface area contributed by atoms with Crippen LogP contribution in [0, 0.1) is 5.82 Å². The summed E-state index contributed by atoms with van der Waals surface area (Å²) >= 11 is 5.57. The summed E-state index contributed by atoms with van der Waals surface area (Å²) in [6.07, 6.45) is 5.06. The smallest absolute Gasteiger partial charge is 0.315 e. The molecular weight excluding hydrogens is 279 g/mol. The fraction of sp³-hybridized carbons (Fsp3) is 0.533. The fourth-order valence-electron chi connectivity index (χ4n) is 2.83. The number of alkyl halides is 1. The van der Waals surface area contributed by atoms with E-state index in [1.807, 2.05) is 0 Å². The molecule has 0 bridgehead atoms. The van der Waals surface area contributed by atoms with Crippen molar-refractivity contribution in [1.29, 1.82) is 0 Å². The topological polar surface area (TPSA) is 41.1 Å². The van der Waals surface area contributed by atoms with Crippen LogP contribution in [0.15, 0.2) is 24.3 Å². The molecule has 3 nitrogen and oxygen atoms in total. The maximum Gasteiger partial charge on any atom is 0.315 e. The highest BCUT2D eigenvalue weighted by Gasteiger charge is 2.35. The number of rotatable bonds is 4. The zero-order chi connectivity index (χ0) is 14.4. The third-order valence-corrected chi connectivity index (χ3v) is 4.03. The van der Waals surface area contributed by atoms with E-state index in [0.29, 0.717) is 12.4 Å². The van der Waals surface area contributed by atoms with E-state index in [9.17, 15) is 9.18 Å². The van der Waals surface area contributed by atoms with Gasteiger partial charge >= 0.3 is 6.03 Å². The first-order valence-electron chi connectivity index (χ1n) is 7.04. The SMILES string of the molecule is O=C(NCCCl)NC1(c2ccc(F)cc2)CCCCC1. The Morgan fingerprint density at radius 1 is 1.20 bits per heavy atom. The molecule has 2 amide bonds.